The van der Waals surface area contributed by atoms with Gasteiger partial charge in [0.1, 0.15) is 0 Å². The molecular weight excluding hydrogens is 226 g/mol. The number of carbonyl (C=O) groups excluding carboxylic acids is 1. The zero-order valence-corrected chi connectivity index (χ0v) is 9.89. The van der Waals surface area contributed by atoms with Gasteiger partial charge in [-0.05, 0) is 12.8 Å². The number of hydrogen-bond acceptors (Lipinski definition) is 2. The van der Waals surface area contributed by atoms with Crippen molar-refractivity contribution in [3.8, 4) is 0 Å². The molecule has 88 valence electrons. The quantitative estimate of drug-likeness (QED) is 0.796. The van der Waals surface area contributed by atoms with Gasteiger partial charge in [0.05, 0.1) is 17.3 Å². The second kappa shape index (κ2) is 4.87. The monoisotopic (exact) mass is 241 g/mol. The van der Waals surface area contributed by atoms with Crippen LogP contribution in [-0.4, -0.2) is 27.5 Å². The minimum Gasteiger partial charge on any atom is -0.345 e. The van der Waals surface area contributed by atoms with Crippen molar-refractivity contribution in [3.63, 3.8) is 0 Å². The van der Waals surface area contributed by atoms with E-state index < -0.39 is 0 Å². The van der Waals surface area contributed by atoms with Crippen LogP contribution in [0.25, 0.3) is 0 Å². The summed E-state index contributed by atoms with van der Waals surface area (Å²) in [5.41, 5.74) is 0.351. The Morgan fingerprint density at radius 2 is 2.25 bits per heavy atom. The van der Waals surface area contributed by atoms with Crippen LogP contribution in [0.3, 0.4) is 0 Å². The Kier molecular flexibility index (Phi) is 3.49. The number of rotatable bonds is 3. The fourth-order valence-electron chi connectivity index (χ4n) is 2.21. The Morgan fingerprint density at radius 1 is 1.50 bits per heavy atom. The lowest BCUT2D eigenvalue weighted by Crippen LogP contribution is -2.51. The molecule has 0 radical (unpaired) electrons. The number of hydrogen-bond donors (Lipinski definition) is 2. The van der Waals surface area contributed by atoms with Crippen LogP contribution in [0, 0.1) is 0 Å². The first-order chi connectivity index (χ1) is 7.76. The topological polar surface area (TPSA) is 57.8 Å². The molecule has 2 N–H and O–H groups in total. The van der Waals surface area contributed by atoms with E-state index in [0.29, 0.717) is 11.4 Å². The van der Waals surface area contributed by atoms with Gasteiger partial charge in [0.15, 0.2) is 0 Å². The fraction of sp³-hybridized carbons (Fsp3) is 0.636. The highest BCUT2D eigenvalue weighted by atomic mass is 35.5. The number of H-pyrrole nitrogens is 1. The second-order valence-corrected chi connectivity index (χ2v) is 4.68. The maximum absolute atomic E-state index is 11.9. The molecule has 0 aromatic carbocycles. The highest BCUT2D eigenvalue weighted by Gasteiger charge is 2.33. The average molecular weight is 242 g/mol. The van der Waals surface area contributed by atoms with Crippen molar-refractivity contribution >= 4 is 17.5 Å². The summed E-state index contributed by atoms with van der Waals surface area (Å²) >= 11 is 6.00. The molecule has 0 saturated heterocycles. The summed E-state index contributed by atoms with van der Waals surface area (Å²) in [6.07, 6.45) is 8.58. The molecule has 1 saturated carbocycles. The van der Waals surface area contributed by atoms with Crippen LogP contribution in [0.15, 0.2) is 12.4 Å². The molecule has 0 atom stereocenters. The maximum Gasteiger partial charge on any atom is 0.254 e. The SMILES string of the molecule is O=C(NC1(CCl)CCCCC1)c1cn[nH]c1. The molecule has 1 aromatic rings. The van der Waals surface area contributed by atoms with Crippen LogP contribution < -0.4 is 5.32 Å². The van der Waals surface area contributed by atoms with Gasteiger partial charge in [-0.1, -0.05) is 19.3 Å². The first-order valence-electron chi connectivity index (χ1n) is 5.63. The van der Waals surface area contributed by atoms with Gasteiger partial charge in [-0.25, -0.2) is 0 Å². The lowest BCUT2D eigenvalue weighted by Gasteiger charge is -2.36. The molecule has 4 nitrogen and oxygen atoms in total. The molecule has 2 rings (SSSR count). The third kappa shape index (κ3) is 2.38. The Morgan fingerprint density at radius 3 is 2.81 bits per heavy atom. The number of nitrogens with zero attached hydrogens (tertiary/aromatic N) is 1. The molecule has 16 heavy (non-hydrogen) atoms. The van der Waals surface area contributed by atoms with E-state index in [1.807, 2.05) is 0 Å². The Labute approximate surface area is 99.8 Å². The first-order valence-corrected chi connectivity index (χ1v) is 6.16. The Hall–Kier alpha value is -1.03. The summed E-state index contributed by atoms with van der Waals surface area (Å²) in [7, 11) is 0. The van der Waals surface area contributed by atoms with Crippen LogP contribution in [0.4, 0.5) is 0 Å². The minimum absolute atomic E-state index is 0.0868. The van der Waals surface area contributed by atoms with Gasteiger partial charge < -0.3 is 5.32 Å². The van der Waals surface area contributed by atoms with Crippen molar-refractivity contribution in [2.45, 2.75) is 37.6 Å². The average Bonchev–Trinajstić information content (AvgIpc) is 2.84. The normalized spacial score (nSPS) is 19.3. The summed E-state index contributed by atoms with van der Waals surface area (Å²) in [5.74, 6) is 0.396. The van der Waals surface area contributed by atoms with E-state index in [0.717, 1.165) is 25.7 Å². The predicted molar refractivity (Wildman–Crippen MR) is 62.6 cm³/mol. The summed E-state index contributed by atoms with van der Waals surface area (Å²) in [6.45, 7) is 0. The lowest BCUT2D eigenvalue weighted by atomic mass is 9.83. The highest BCUT2D eigenvalue weighted by Crippen LogP contribution is 2.29. The fourth-order valence-corrected chi connectivity index (χ4v) is 2.54. The van der Waals surface area contributed by atoms with Crippen LogP contribution in [0.5, 0.6) is 0 Å². The van der Waals surface area contributed by atoms with E-state index in [4.69, 9.17) is 11.6 Å². The van der Waals surface area contributed by atoms with Gasteiger partial charge in [0, 0.05) is 12.1 Å². The molecule has 1 aliphatic carbocycles. The molecular formula is C11H16ClN3O. The van der Waals surface area contributed by atoms with Crippen LogP contribution >= 0.6 is 11.6 Å². The van der Waals surface area contributed by atoms with Crippen molar-refractivity contribution < 1.29 is 4.79 Å². The zero-order chi connectivity index (χ0) is 11.4. The van der Waals surface area contributed by atoms with Crippen molar-refractivity contribution in [3.05, 3.63) is 18.0 Å². The first kappa shape index (κ1) is 11.5. The molecule has 0 bridgehead atoms. The summed E-state index contributed by atoms with van der Waals surface area (Å²) in [6, 6.07) is 0. The van der Waals surface area contributed by atoms with Crippen LogP contribution in [0.2, 0.25) is 0 Å². The lowest BCUT2D eigenvalue weighted by molar-refractivity contribution is 0.0885. The third-order valence-corrected chi connectivity index (χ3v) is 3.72. The zero-order valence-electron chi connectivity index (χ0n) is 9.13. The number of amides is 1. The van der Waals surface area contributed by atoms with Crippen LogP contribution in [0.1, 0.15) is 42.5 Å². The van der Waals surface area contributed by atoms with E-state index in [-0.39, 0.29) is 11.4 Å². The summed E-state index contributed by atoms with van der Waals surface area (Å²) in [5, 5.41) is 9.45. The Balaban J connectivity index is 2.03. The highest BCUT2D eigenvalue weighted by molar-refractivity contribution is 6.19. The number of carbonyl (C=O) groups is 1. The van der Waals surface area contributed by atoms with Gasteiger partial charge >= 0.3 is 0 Å². The van der Waals surface area contributed by atoms with Gasteiger partial charge in [0.25, 0.3) is 5.91 Å². The smallest absolute Gasteiger partial charge is 0.254 e. The second-order valence-electron chi connectivity index (χ2n) is 4.42. The summed E-state index contributed by atoms with van der Waals surface area (Å²) < 4.78 is 0. The molecule has 5 heteroatoms. The number of aromatic nitrogens is 2. The van der Waals surface area contributed by atoms with Gasteiger partial charge in [-0.3, -0.25) is 9.89 Å². The van der Waals surface area contributed by atoms with Crippen molar-refractivity contribution in [1.29, 1.82) is 0 Å². The van der Waals surface area contributed by atoms with Crippen molar-refractivity contribution in [2.75, 3.05) is 5.88 Å². The molecule has 1 amide bonds. The third-order valence-electron chi connectivity index (χ3n) is 3.21. The van der Waals surface area contributed by atoms with E-state index in [1.165, 1.54) is 12.6 Å². The van der Waals surface area contributed by atoms with Crippen molar-refractivity contribution in [2.24, 2.45) is 0 Å². The summed E-state index contributed by atoms with van der Waals surface area (Å²) in [4.78, 5) is 11.9. The molecule has 1 aromatic heterocycles. The largest absolute Gasteiger partial charge is 0.345 e. The van der Waals surface area contributed by atoms with Gasteiger partial charge in [-0.2, -0.15) is 5.10 Å². The van der Waals surface area contributed by atoms with E-state index in [1.54, 1.807) is 6.20 Å². The maximum atomic E-state index is 11.9. The molecule has 0 spiro atoms. The molecule has 0 unspecified atom stereocenters. The number of alkyl halides is 1. The number of nitrogens with one attached hydrogen (secondary N) is 2. The van der Waals surface area contributed by atoms with Gasteiger partial charge in [0.2, 0.25) is 0 Å². The molecule has 0 aliphatic heterocycles. The standard InChI is InChI=1S/C11H16ClN3O/c12-8-11(4-2-1-3-5-11)15-10(16)9-6-13-14-7-9/h6-7H,1-5,8H2,(H,13,14)(H,15,16). The predicted octanol–water partition coefficient (Wildman–Crippen LogP) is 2.08. The van der Waals surface area contributed by atoms with E-state index in [9.17, 15) is 4.79 Å². The van der Waals surface area contributed by atoms with E-state index >= 15 is 0 Å². The Bertz CT molecular complexity index is 344. The number of aromatic amines is 1. The number of halogens is 1. The van der Waals surface area contributed by atoms with Gasteiger partial charge in [-0.15, -0.1) is 11.6 Å². The molecule has 1 heterocycles. The molecule has 1 fully saturated rings. The van der Waals surface area contributed by atoms with E-state index in [2.05, 4.69) is 15.5 Å². The molecule has 1 aliphatic rings. The minimum atomic E-state index is -0.214. The van der Waals surface area contributed by atoms with Crippen LogP contribution in [-0.2, 0) is 0 Å². The van der Waals surface area contributed by atoms with Crippen molar-refractivity contribution in [1.82, 2.24) is 15.5 Å².